The first-order valence-corrected chi connectivity index (χ1v) is 6.87. The molecule has 1 aromatic heterocycles. The molecule has 0 aliphatic rings. The number of H-pyrrole nitrogens is 1. The van der Waals surface area contributed by atoms with Crippen LogP contribution < -0.4 is 15.4 Å². The Balaban J connectivity index is 1.73. The van der Waals surface area contributed by atoms with Crippen molar-refractivity contribution in [2.75, 3.05) is 13.7 Å². The van der Waals surface area contributed by atoms with Crippen molar-refractivity contribution >= 4 is 11.8 Å². The number of nitrogens with zero attached hydrogens (tertiary/aromatic N) is 1. The number of nitrogens with one attached hydrogen (secondary N) is 3. The van der Waals surface area contributed by atoms with E-state index in [4.69, 9.17) is 4.74 Å². The molecule has 0 aliphatic heterocycles. The van der Waals surface area contributed by atoms with E-state index in [0.717, 1.165) is 5.69 Å². The molecule has 1 heterocycles. The number of carbonyl (C=O) groups excluding carboxylic acids is 2. The number of rotatable bonds is 7. The minimum atomic E-state index is -0.265. The maximum absolute atomic E-state index is 12.0. The van der Waals surface area contributed by atoms with E-state index in [1.165, 1.54) is 7.11 Å². The molecule has 0 saturated heterocycles. The third kappa shape index (κ3) is 4.34. The summed E-state index contributed by atoms with van der Waals surface area (Å²) >= 11 is 0. The SMILES string of the molecule is COc1ccccc1C(=O)NCCC(=O)NCc1ccn[nH]1. The minimum Gasteiger partial charge on any atom is -0.496 e. The maximum atomic E-state index is 12.0. The predicted octanol–water partition coefficient (Wildman–Crippen LogP) is 0.855. The summed E-state index contributed by atoms with van der Waals surface area (Å²) in [6.45, 7) is 0.644. The maximum Gasteiger partial charge on any atom is 0.255 e. The number of hydrogen-bond donors (Lipinski definition) is 3. The van der Waals surface area contributed by atoms with Crippen molar-refractivity contribution in [1.82, 2.24) is 20.8 Å². The van der Waals surface area contributed by atoms with Crippen LogP contribution in [0, 0.1) is 0 Å². The quantitative estimate of drug-likeness (QED) is 0.706. The number of amides is 2. The van der Waals surface area contributed by atoms with Crippen LogP contribution in [0.2, 0.25) is 0 Å². The molecule has 116 valence electrons. The molecule has 0 spiro atoms. The number of aromatic nitrogens is 2. The Morgan fingerprint density at radius 3 is 2.77 bits per heavy atom. The highest BCUT2D eigenvalue weighted by molar-refractivity contribution is 5.97. The molecule has 0 radical (unpaired) electrons. The smallest absolute Gasteiger partial charge is 0.255 e. The number of carbonyl (C=O) groups is 2. The second kappa shape index (κ2) is 7.82. The number of ether oxygens (including phenoxy) is 1. The Kier molecular flexibility index (Phi) is 5.53. The lowest BCUT2D eigenvalue weighted by molar-refractivity contribution is -0.121. The van der Waals surface area contributed by atoms with Gasteiger partial charge in [0.25, 0.3) is 5.91 Å². The van der Waals surface area contributed by atoms with Gasteiger partial charge in [-0.05, 0) is 18.2 Å². The van der Waals surface area contributed by atoms with Gasteiger partial charge in [-0.1, -0.05) is 12.1 Å². The van der Waals surface area contributed by atoms with E-state index >= 15 is 0 Å². The van der Waals surface area contributed by atoms with Crippen molar-refractivity contribution in [3.63, 3.8) is 0 Å². The van der Waals surface area contributed by atoms with E-state index in [9.17, 15) is 9.59 Å². The van der Waals surface area contributed by atoms with E-state index in [0.29, 0.717) is 17.9 Å². The van der Waals surface area contributed by atoms with Gasteiger partial charge in [0.2, 0.25) is 5.91 Å². The average Bonchev–Trinajstić information content (AvgIpc) is 3.06. The van der Waals surface area contributed by atoms with Crippen molar-refractivity contribution < 1.29 is 14.3 Å². The first kappa shape index (κ1) is 15.6. The molecule has 0 aliphatic carbocycles. The van der Waals surface area contributed by atoms with Crippen LogP contribution in [-0.2, 0) is 11.3 Å². The molecule has 0 fully saturated rings. The second-order valence-corrected chi connectivity index (χ2v) is 4.56. The van der Waals surface area contributed by atoms with Gasteiger partial charge in [-0.2, -0.15) is 5.10 Å². The summed E-state index contributed by atoms with van der Waals surface area (Å²) < 4.78 is 5.12. The standard InChI is InChI=1S/C15H18N4O3/c1-22-13-5-3-2-4-12(13)15(21)16-8-7-14(20)17-10-11-6-9-18-19-11/h2-6,9H,7-8,10H2,1H3,(H,16,21)(H,17,20)(H,18,19). The molecule has 0 bridgehead atoms. The molecular formula is C15H18N4O3. The third-order valence-corrected chi connectivity index (χ3v) is 3.02. The highest BCUT2D eigenvalue weighted by atomic mass is 16.5. The first-order chi connectivity index (χ1) is 10.7. The molecule has 0 atom stereocenters. The summed E-state index contributed by atoms with van der Waals surface area (Å²) in [6.07, 6.45) is 1.82. The van der Waals surface area contributed by atoms with E-state index in [1.54, 1.807) is 36.5 Å². The summed E-state index contributed by atoms with van der Waals surface area (Å²) in [5.74, 6) is 0.0949. The summed E-state index contributed by atoms with van der Waals surface area (Å²) in [5, 5.41) is 12.0. The fraction of sp³-hybridized carbons (Fsp3) is 0.267. The summed E-state index contributed by atoms with van der Waals surface area (Å²) in [5.41, 5.74) is 1.27. The van der Waals surface area contributed by atoms with Crippen LogP contribution in [0.15, 0.2) is 36.5 Å². The van der Waals surface area contributed by atoms with Crippen molar-refractivity contribution in [2.45, 2.75) is 13.0 Å². The molecule has 7 nitrogen and oxygen atoms in total. The zero-order valence-electron chi connectivity index (χ0n) is 12.3. The molecule has 22 heavy (non-hydrogen) atoms. The average molecular weight is 302 g/mol. The summed E-state index contributed by atoms with van der Waals surface area (Å²) in [4.78, 5) is 23.7. The van der Waals surface area contributed by atoms with Gasteiger partial charge in [0.15, 0.2) is 0 Å². The van der Waals surface area contributed by atoms with E-state index in [-0.39, 0.29) is 24.8 Å². The molecule has 2 aromatic rings. The Morgan fingerprint density at radius 2 is 2.05 bits per heavy atom. The van der Waals surface area contributed by atoms with E-state index in [1.807, 2.05) is 0 Å². The van der Waals surface area contributed by atoms with Gasteiger partial charge in [0.05, 0.1) is 24.9 Å². The number of para-hydroxylation sites is 1. The van der Waals surface area contributed by atoms with Crippen LogP contribution in [0.5, 0.6) is 5.75 Å². The zero-order chi connectivity index (χ0) is 15.8. The zero-order valence-corrected chi connectivity index (χ0v) is 12.3. The topological polar surface area (TPSA) is 96.1 Å². The van der Waals surface area contributed by atoms with Crippen molar-refractivity contribution in [3.8, 4) is 5.75 Å². The highest BCUT2D eigenvalue weighted by Gasteiger charge is 2.11. The largest absolute Gasteiger partial charge is 0.496 e. The molecule has 2 amide bonds. The van der Waals surface area contributed by atoms with Crippen LogP contribution in [0.3, 0.4) is 0 Å². The molecule has 7 heteroatoms. The van der Waals surface area contributed by atoms with Crippen molar-refractivity contribution in [3.05, 3.63) is 47.8 Å². The minimum absolute atomic E-state index is 0.144. The number of benzene rings is 1. The lowest BCUT2D eigenvalue weighted by Crippen LogP contribution is -2.30. The van der Waals surface area contributed by atoms with Gasteiger partial charge in [0, 0.05) is 19.2 Å². The van der Waals surface area contributed by atoms with Crippen LogP contribution in [0.25, 0.3) is 0 Å². The fourth-order valence-electron chi connectivity index (χ4n) is 1.88. The lowest BCUT2D eigenvalue weighted by Gasteiger charge is -2.09. The Morgan fingerprint density at radius 1 is 1.23 bits per heavy atom. The number of methoxy groups -OCH3 is 1. The fourth-order valence-corrected chi connectivity index (χ4v) is 1.88. The lowest BCUT2D eigenvalue weighted by atomic mass is 10.2. The van der Waals surface area contributed by atoms with Crippen LogP contribution in [0.1, 0.15) is 22.5 Å². The predicted molar refractivity (Wildman–Crippen MR) is 80.4 cm³/mol. The van der Waals surface area contributed by atoms with E-state index in [2.05, 4.69) is 20.8 Å². The summed E-state index contributed by atoms with van der Waals surface area (Å²) in [7, 11) is 1.51. The number of aromatic amines is 1. The molecule has 3 N–H and O–H groups in total. The Bertz CT molecular complexity index is 625. The van der Waals surface area contributed by atoms with Gasteiger partial charge in [0.1, 0.15) is 5.75 Å². The second-order valence-electron chi connectivity index (χ2n) is 4.56. The van der Waals surface area contributed by atoms with Gasteiger partial charge in [-0.3, -0.25) is 14.7 Å². The monoisotopic (exact) mass is 302 g/mol. The molecular weight excluding hydrogens is 284 g/mol. The number of hydrogen-bond acceptors (Lipinski definition) is 4. The van der Waals surface area contributed by atoms with E-state index < -0.39 is 0 Å². The molecule has 2 rings (SSSR count). The Hall–Kier alpha value is -2.83. The molecule has 0 unspecified atom stereocenters. The molecule has 0 saturated carbocycles. The van der Waals surface area contributed by atoms with Crippen molar-refractivity contribution in [2.24, 2.45) is 0 Å². The normalized spacial score (nSPS) is 10.0. The van der Waals surface area contributed by atoms with Crippen LogP contribution >= 0.6 is 0 Å². The Labute approximate surface area is 128 Å². The first-order valence-electron chi connectivity index (χ1n) is 6.87. The van der Waals surface area contributed by atoms with Gasteiger partial charge in [-0.25, -0.2) is 0 Å². The third-order valence-electron chi connectivity index (χ3n) is 3.02. The summed E-state index contributed by atoms with van der Waals surface area (Å²) in [6, 6.07) is 8.72. The molecule has 1 aromatic carbocycles. The van der Waals surface area contributed by atoms with Crippen LogP contribution in [-0.4, -0.2) is 35.7 Å². The highest BCUT2D eigenvalue weighted by Crippen LogP contribution is 2.16. The van der Waals surface area contributed by atoms with Crippen molar-refractivity contribution in [1.29, 1.82) is 0 Å². The van der Waals surface area contributed by atoms with Gasteiger partial charge < -0.3 is 15.4 Å². The van der Waals surface area contributed by atoms with Gasteiger partial charge >= 0.3 is 0 Å². The van der Waals surface area contributed by atoms with Gasteiger partial charge in [-0.15, -0.1) is 0 Å². The van der Waals surface area contributed by atoms with Crippen LogP contribution in [0.4, 0.5) is 0 Å².